The van der Waals surface area contributed by atoms with Crippen LogP contribution in [0.25, 0.3) is 11.0 Å². The van der Waals surface area contributed by atoms with E-state index < -0.39 is 0 Å². The standard InChI is InChI=1S/C9H10BrN3/c1-11-9(10)6-2-3-7-8(4-6)13-5-12-7/h2-5,9,11H,1H3,(H,12,13). The van der Waals surface area contributed by atoms with Crippen molar-refractivity contribution in [3.63, 3.8) is 0 Å². The number of benzene rings is 1. The minimum atomic E-state index is 0.195. The fourth-order valence-corrected chi connectivity index (χ4v) is 1.56. The molecule has 13 heavy (non-hydrogen) atoms. The highest BCUT2D eigenvalue weighted by Gasteiger charge is 2.05. The number of halogens is 1. The number of hydrogen-bond acceptors (Lipinski definition) is 2. The minimum absolute atomic E-state index is 0.195. The van der Waals surface area contributed by atoms with Crippen LogP contribution in [0.4, 0.5) is 0 Å². The molecule has 2 rings (SSSR count). The highest BCUT2D eigenvalue weighted by Crippen LogP contribution is 2.21. The summed E-state index contributed by atoms with van der Waals surface area (Å²) in [6.07, 6.45) is 1.71. The summed E-state index contributed by atoms with van der Waals surface area (Å²) in [5, 5.41) is 3.12. The number of imidazole rings is 1. The van der Waals surface area contributed by atoms with Gasteiger partial charge in [-0.3, -0.25) is 0 Å². The largest absolute Gasteiger partial charge is 0.345 e. The van der Waals surface area contributed by atoms with Crippen molar-refractivity contribution in [2.45, 2.75) is 4.95 Å². The van der Waals surface area contributed by atoms with Crippen LogP contribution in [0.5, 0.6) is 0 Å². The lowest BCUT2D eigenvalue weighted by molar-refractivity contribution is 0.809. The number of hydrogen-bond donors (Lipinski definition) is 2. The molecule has 1 aromatic heterocycles. The fourth-order valence-electron chi connectivity index (χ4n) is 1.28. The van der Waals surface area contributed by atoms with E-state index in [1.807, 2.05) is 13.1 Å². The number of fused-ring (bicyclic) bond motifs is 1. The van der Waals surface area contributed by atoms with Crippen molar-refractivity contribution in [3.05, 3.63) is 30.1 Å². The third-order valence-electron chi connectivity index (χ3n) is 1.99. The predicted molar refractivity (Wildman–Crippen MR) is 56.8 cm³/mol. The zero-order valence-electron chi connectivity index (χ0n) is 7.21. The highest BCUT2D eigenvalue weighted by molar-refractivity contribution is 9.09. The topological polar surface area (TPSA) is 40.7 Å². The van der Waals surface area contributed by atoms with Crippen molar-refractivity contribution in [3.8, 4) is 0 Å². The van der Waals surface area contributed by atoms with Gasteiger partial charge in [-0.1, -0.05) is 22.0 Å². The first kappa shape index (κ1) is 8.72. The molecule has 0 radical (unpaired) electrons. The number of nitrogens with zero attached hydrogens (tertiary/aromatic N) is 1. The van der Waals surface area contributed by atoms with Crippen LogP contribution >= 0.6 is 15.9 Å². The summed E-state index contributed by atoms with van der Waals surface area (Å²) in [6, 6.07) is 6.14. The average Bonchev–Trinajstić information content (AvgIpc) is 2.63. The second kappa shape index (κ2) is 3.47. The van der Waals surface area contributed by atoms with Gasteiger partial charge in [0, 0.05) is 0 Å². The van der Waals surface area contributed by atoms with Crippen LogP contribution in [0, 0.1) is 0 Å². The fraction of sp³-hybridized carbons (Fsp3) is 0.222. The molecule has 0 aliphatic rings. The van der Waals surface area contributed by atoms with Gasteiger partial charge < -0.3 is 10.3 Å². The van der Waals surface area contributed by atoms with Crippen molar-refractivity contribution >= 4 is 27.0 Å². The van der Waals surface area contributed by atoms with E-state index >= 15 is 0 Å². The van der Waals surface area contributed by atoms with E-state index in [0.29, 0.717) is 0 Å². The number of alkyl halides is 1. The lowest BCUT2D eigenvalue weighted by Crippen LogP contribution is -2.08. The molecular formula is C9H10BrN3. The molecule has 1 unspecified atom stereocenters. The Morgan fingerprint density at radius 1 is 1.54 bits per heavy atom. The number of nitrogens with one attached hydrogen (secondary N) is 2. The zero-order valence-corrected chi connectivity index (χ0v) is 8.80. The lowest BCUT2D eigenvalue weighted by Gasteiger charge is -2.07. The molecule has 3 nitrogen and oxygen atoms in total. The Bertz CT molecular complexity index is 410. The van der Waals surface area contributed by atoms with Gasteiger partial charge >= 0.3 is 0 Å². The third kappa shape index (κ3) is 1.59. The molecule has 0 saturated carbocycles. The predicted octanol–water partition coefficient (Wildman–Crippen LogP) is 2.18. The lowest BCUT2D eigenvalue weighted by atomic mass is 10.2. The number of H-pyrrole nitrogens is 1. The van der Waals surface area contributed by atoms with Crippen LogP contribution in [0.3, 0.4) is 0 Å². The molecular weight excluding hydrogens is 230 g/mol. The van der Waals surface area contributed by atoms with Crippen molar-refractivity contribution < 1.29 is 0 Å². The summed E-state index contributed by atoms with van der Waals surface area (Å²) in [4.78, 5) is 7.43. The summed E-state index contributed by atoms with van der Waals surface area (Å²) in [7, 11) is 1.91. The van der Waals surface area contributed by atoms with Gasteiger partial charge in [0.25, 0.3) is 0 Å². The highest BCUT2D eigenvalue weighted by atomic mass is 79.9. The average molecular weight is 240 g/mol. The van der Waals surface area contributed by atoms with Crippen LogP contribution in [-0.4, -0.2) is 17.0 Å². The Kier molecular flexibility index (Phi) is 2.33. The molecule has 0 aliphatic heterocycles. The van der Waals surface area contributed by atoms with Crippen molar-refractivity contribution in [2.75, 3.05) is 7.05 Å². The first-order chi connectivity index (χ1) is 6.31. The molecule has 0 aliphatic carbocycles. The molecule has 0 bridgehead atoms. The van der Waals surface area contributed by atoms with Crippen molar-refractivity contribution in [1.82, 2.24) is 15.3 Å². The smallest absolute Gasteiger partial charge is 0.0931 e. The summed E-state index contributed by atoms with van der Waals surface area (Å²) in [5.74, 6) is 0. The van der Waals surface area contributed by atoms with Gasteiger partial charge in [-0.15, -0.1) is 0 Å². The second-order valence-corrected chi connectivity index (χ2v) is 3.75. The van der Waals surface area contributed by atoms with Crippen LogP contribution in [0.15, 0.2) is 24.5 Å². The van der Waals surface area contributed by atoms with Gasteiger partial charge in [0.05, 0.1) is 22.3 Å². The van der Waals surface area contributed by atoms with E-state index in [0.717, 1.165) is 11.0 Å². The Morgan fingerprint density at radius 3 is 3.15 bits per heavy atom. The van der Waals surface area contributed by atoms with Crippen molar-refractivity contribution in [2.24, 2.45) is 0 Å². The Balaban J connectivity index is 2.48. The zero-order chi connectivity index (χ0) is 9.26. The summed E-state index contributed by atoms with van der Waals surface area (Å²) < 4.78 is 0. The molecule has 0 spiro atoms. The summed E-state index contributed by atoms with van der Waals surface area (Å²) >= 11 is 3.51. The van der Waals surface area contributed by atoms with Gasteiger partial charge in [-0.05, 0) is 24.7 Å². The van der Waals surface area contributed by atoms with E-state index in [1.54, 1.807) is 6.33 Å². The van der Waals surface area contributed by atoms with E-state index in [2.05, 4.69) is 43.3 Å². The molecule has 0 amide bonds. The molecule has 68 valence electrons. The summed E-state index contributed by atoms with van der Waals surface area (Å²) in [5.41, 5.74) is 3.26. The molecule has 1 aromatic carbocycles. The van der Waals surface area contributed by atoms with Crippen LogP contribution in [0.2, 0.25) is 0 Å². The van der Waals surface area contributed by atoms with E-state index in [4.69, 9.17) is 0 Å². The molecule has 2 N–H and O–H groups in total. The third-order valence-corrected chi connectivity index (χ3v) is 2.98. The van der Waals surface area contributed by atoms with E-state index in [9.17, 15) is 0 Å². The molecule has 1 heterocycles. The Morgan fingerprint density at radius 2 is 2.38 bits per heavy atom. The van der Waals surface area contributed by atoms with E-state index in [1.165, 1.54) is 5.56 Å². The maximum atomic E-state index is 4.15. The molecule has 2 aromatic rings. The van der Waals surface area contributed by atoms with Crippen LogP contribution in [0.1, 0.15) is 10.5 Å². The van der Waals surface area contributed by atoms with Gasteiger partial charge in [-0.2, -0.15) is 0 Å². The molecule has 0 fully saturated rings. The molecule has 0 saturated heterocycles. The maximum absolute atomic E-state index is 4.15. The van der Waals surface area contributed by atoms with Gasteiger partial charge in [0.1, 0.15) is 0 Å². The monoisotopic (exact) mass is 239 g/mol. The first-order valence-corrected chi connectivity index (χ1v) is 4.97. The number of aromatic amines is 1. The van der Waals surface area contributed by atoms with E-state index in [-0.39, 0.29) is 4.95 Å². The Labute approximate surface area is 84.7 Å². The minimum Gasteiger partial charge on any atom is -0.345 e. The molecule has 4 heteroatoms. The number of aromatic nitrogens is 2. The summed E-state index contributed by atoms with van der Waals surface area (Å²) in [6.45, 7) is 0. The SMILES string of the molecule is CNC(Br)c1ccc2nc[nH]c2c1. The number of rotatable bonds is 2. The van der Waals surface area contributed by atoms with Crippen LogP contribution in [-0.2, 0) is 0 Å². The quantitative estimate of drug-likeness (QED) is 0.623. The molecule has 1 atom stereocenters. The Hall–Kier alpha value is -0.870. The first-order valence-electron chi connectivity index (χ1n) is 4.05. The second-order valence-electron chi connectivity index (χ2n) is 2.83. The van der Waals surface area contributed by atoms with Gasteiger partial charge in [0.15, 0.2) is 0 Å². The van der Waals surface area contributed by atoms with Gasteiger partial charge in [0.2, 0.25) is 0 Å². The van der Waals surface area contributed by atoms with Crippen LogP contribution < -0.4 is 5.32 Å². The maximum Gasteiger partial charge on any atom is 0.0931 e. The normalized spacial score (nSPS) is 13.4. The van der Waals surface area contributed by atoms with Crippen molar-refractivity contribution in [1.29, 1.82) is 0 Å². The van der Waals surface area contributed by atoms with Gasteiger partial charge in [-0.25, -0.2) is 4.98 Å².